The van der Waals surface area contributed by atoms with Crippen LogP contribution < -0.4 is 10.2 Å². The van der Waals surface area contributed by atoms with Crippen molar-refractivity contribution in [3.05, 3.63) is 54.1 Å². The molecular formula is C15H12N2O3. The van der Waals surface area contributed by atoms with Gasteiger partial charge in [0.05, 0.1) is 16.9 Å². The first kappa shape index (κ1) is 12.2. The van der Waals surface area contributed by atoms with Crippen molar-refractivity contribution in [2.24, 2.45) is 0 Å². The SMILES string of the molecule is O=C1CN(c2ccccc2)c2ccc(C(=O)O)cc2N1. The van der Waals surface area contributed by atoms with E-state index in [0.717, 1.165) is 11.4 Å². The van der Waals surface area contributed by atoms with Crippen LogP contribution in [0.2, 0.25) is 0 Å². The number of nitrogens with one attached hydrogen (secondary N) is 1. The van der Waals surface area contributed by atoms with Gasteiger partial charge in [-0.15, -0.1) is 0 Å². The van der Waals surface area contributed by atoms with Crippen LogP contribution in [0.25, 0.3) is 0 Å². The van der Waals surface area contributed by atoms with Crippen LogP contribution in [0.5, 0.6) is 0 Å². The van der Waals surface area contributed by atoms with Gasteiger partial charge in [-0.05, 0) is 30.3 Å². The maximum atomic E-state index is 11.8. The lowest BCUT2D eigenvalue weighted by Crippen LogP contribution is -2.35. The van der Waals surface area contributed by atoms with E-state index in [1.54, 1.807) is 6.07 Å². The molecule has 1 heterocycles. The number of hydrogen-bond acceptors (Lipinski definition) is 3. The predicted octanol–water partition coefficient (Wildman–Crippen LogP) is 2.47. The zero-order chi connectivity index (χ0) is 14.1. The van der Waals surface area contributed by atoms with Crippen LogP contribution in [-0.2, 0) is 4.79 Å². The predicted molar refractivity (Wildman–Crippen MR) is 75.5 cm³/mol. The van der Waals surface area contributed by atoms with Crippen molar-refractivity contribution < 1.29 is 14.7 Å². The van der Waals surface area contributed by atoms with Gasteiger partial charge in [-0.2, -0.15) is 0 Å². The van der Waals surface area contributed by atoms with E-state index in [2.05, 4.69) is 5.32 Å². The second-order valence-electron chi connectivity index (χ2n) is 4.51. The number of carboxylic acids is 1. The highest BCUT2D eigenvalue weighted by Gasteiger charge is 2.23. The number of para-hydroxylation sites is 1. The van der Waals surface area contributed by atoms with Crippen LogP contribution in [0.3, 0.4) is 0 Å². The van der Waals surface area contributed by atoms with Gasteiger partial charge in [-0.25, -0.2) is 4.79 Å². The van der Waals surface area contributed by atoms with Crippen LogP contribution in [-0.4, -0.2) is 23.5 Å². The Labute approximate surface area is 115 Å². The highest BCUT2D eigenvalue weighted by atomic mass is 16.4. The van der Waals surface area contributed by atoms with Gasteiger partial charge in [0.2, 0.25) is 5.91 Å². The summed E-state index contributed by atoms with van der Waals surface area (Å²) >= 11 is 0. The second kappa shape index (κ2) is 4.70. The quantitative estimate of drug-likeness (QED) is 0.877. The summed E-state index contributed by atoms with van der Waals surface area (Å²) < 4.78 is 0. The van der Waals surface area contributed by atoms with Gasteiger partial charge in [0.25, 0.3) is 0 Å². The third-order valence-corrected chi connectivity index (χ3v) is 3.18. The van der Waals surface area contributed by atoms with Gasteiger partial charge in [0.15, 0.2) is 0 Å². The second-order valence-corrected chi connectivity index (χ2v) is 4.51. The molecule has 0 bridgehead atoms. The van der Waals surface area contributed by atoms with Gasteiger partial charge in [-0.1, -0.05) is 18.2 Å². The lowest BCUT2D eigenvalue weighted by Gasteiger charge is -2.31. The number of carboxylic acid groups (broad SMARTS) is 1. The minimum absolute atomic E-state index is 0.152. The van der Waals surface area contributed by atoms with Crippen LogP contribution in [0.1, 0.15) is 10.4 Å². The largest absolute Gasteiger partial charge is 0.478 e. The molecule has 5 heteroatoms. The fraction of sp³-hybridized carbons (Fsp3) is 0.0667. The van der Waals surface area contributed by atoms with Crippen molar-refractivity contribution in [2.45, 2.75) is 0 Å². The molecule has 0 atom stereocenters. The van der Waals surface area contributed by atoms with E-state index in [9.17, 15) is 9.59 Å². The molecule has 0 saturated carbocycles. The van der Waals surface area contributed by atoms with Crippen molar-refractivity contribution in [3.63, 3.8) is 0 Å². The molecule has 2 aromatic carbocycles. The Morgan fingerprint density at radius 1 is 1.15 bits per heavy atom. The first-order valence-corrected chi connectivity index (χ1v) is 6.15. The Kier molecular flexibility index (Phi) is 2.87. The van der Waals surface area contributed by atoms with Crippen molar-refractivity contribution in [3.8, 4) is 0 Å². The summed E-state index contributed by atoms with van der Waals surface area (Å²) in [5, 5.41) is 11.7. The van der Waals surface area contributed by atoms with Crippen molar-refractivity contribution >= 4 is 28.9 Å². The summed E-state index contributed by atoms with van der Waals surface area (Å²) in [6.45, 7) is 0.212. The zero-order valence-corrected chi connectivity index (χ0v) is 10.5. The van der Waals surface area contributed by atoms with Gasteiger partial charge in [-0.3, -0.25) is 4.79 Å². The van der Waals surface area contributed by atoms with Crippen molar-refractivity contribution in [1.29, 1.82) is 0 Å². The Balaban J connectivity index is 2.09. The molecule has 0 unspecified atom stereocenters. The van der Waals surface area contributed by atoms with E-state index in [0.29, 0.717) is 5.69 Å². The van der Waals surface area contributed by atoms with Crippen molar-refractivity contribution in [2.75, 3.05) is 16.8 Å². The molecule has 2 aromatic rings. The number of carbonyl (C=O) groups is 2. The van der Waals surface area contributed by atoms with Crippen LogP contribution >= 0.6 is 0 Å². The highest BCUT2D eigenvalue weighted by molar-refractivity contribution is 6.04. The molecule has 1 amide bonds. The molecule has 1 aliphatic rings. The minimum Gasteiger partial charge on any atom is -0.478 e. The van der Waals surface area contributed by atoms with Gasteiger partial charge < -0.3 is 15.3 Å². The van der Waals surface area contributed by atoms with Gasteiger partial charge in [0, 0.05) is 5.69 Å². The van der Waals surface area contributed by atoms with E-state index in [1.807, 2.05) is 35.2 Å². The fourth-order valence-corrected chi connectivity index (χ4v) is 2.26. The first-order chi connectivity index (χ1) is 9.65. The first-order valence-electron chi connectivity index (χ1n) is 6.15. The number of benzene rings is 2. The molecule has 20 heavy (non-hydrogen) atoms. The lowest BCUT2D eigenvalue weighted by molar-refractivity contribution is -0.115. The number of anilines is 3. The molecular weight excluding hydrogens is 256 g/mol. The molecule has 0 radical (unpaired) electrons. The average Bonchev–Trinajstić information content (AvgIpc) is 2.46. The Bertz CT molecular complexity index is 683. The van der Waals surface area contributed by atoms with Crippen LogP contribution in [0.4, 0.5) is 17.1 Å². The van der Waals surface area contributed by atoms with E-state index in [1.165, 1.54) is 12.1 Å². The minimum atomic E-state index is -1.01. The molecule has 0 aromatic heterocycles. The number of hydrogen-bond donors (Lipinski definition) is 2. The van der Waals surface area contributed by atoms with Gasteiger partial charge in [0.1, 0.15) is 6.54 Å². The lowest BCUT2D eigenvalue weighted by atomic mass is 10.1. The Morgan fingerprint density at radius 3 is 2.60 bits per heavy atom. The third kappa shape index (κ3) is 2.09. The molecule has 1 aliphatic heterocycles. The molecule has 0 fully saturated rings. The standard InChI is InChI=1S/C15H12N2O3/c18-14-9-17(11-4-2-1-3-5-11)13-7-6-10(15(19)20)8-12(13)16-14/h1-8H,9H2,(H,16,18)(H,19,20). The molecule has 0 spiro atoms. The summed E-state index contributed by atoms with van der Waals surface area (Å²) in [5.74, 6) is -1.18. The maximum Gasteiger partial charge on any atom is 0.335 e. The van der Waals surface area contributed by atoms with E-state index in [4.69, 9.17) is 5.11 Å². The van der Waals surface area contributed by atoms with Crippen LogP contribution in [0, 0.1) is 0 Å². The number of nitrogens with zero attached hydrogens (tertiary/aromatic N) is 1. The summed E-state index contributed by atoms with van der Waals surface area (Å²) in [6.07, 6.45) is 0. The van der Waals surface area contributed by atoms with Crippen molar-refractivity contribution in [1.82, 2.24) is 0 Å². The number of carbonyl (C=O) groups excluding carboxylic acids is 1. The third-order valence-electron chi connectivity index (χ3n) is 3.18. The molecule has 0 saturated heterocycles. The Morgan fingerprint density at radius 2 is 1.90 bits per heavy atom. The molecule has 5 nitrogen and oxygen atoms in total. The van der Waals surface area contributed by atoms with E-state index >= 15 is 0 Å². The topological polar surface area (TPSA) is 69.6 Å². The van der Waals surface area contributed by atoms with E-state index in [-0.39, 0.29) is 18.0 Å². The Hall–Kier alpha value is -2.82. The smallest absolute Gasteiger partial charge is 0.335 e. The number of rotatable bonds is 2. The highest BCUT2D eigenvalue weighted by Crippen LogP contribution is 2.35. The maximum absolute atomic E-state index is 11.8. The van der Waals surface area contributed by atoms with Gasteiger partial charge >= 0.3 is 5.97 Å². The molecule has 3 rings (SSSR count). The summed E-state index contributed by atoms with van der Waals surface area (Å²) in [7, 11) is 0. The number of aromatic carboxylic acids is 1. The normalized spacial score (nSPS) is 13.6. The molecule has 100 valence electrons. The molecule has 2 N–H and O–H groups in total. The zero-order valence-electron chi connectivity index (χ0n) is 10.5. The summed E-state index contributed by atoms with van der Waals surface area (Å²) in [5.41, 5.74) is 2.36. The fourth-order valence-electron chi connectivity index (χ4n) is 2.26. The number of fused-ring (bicyclic) bond motifs is 1. The van der Waals surface area contributed by atoms with Crippen LogP contribution in [0.15, 0.2) is 48.5 Å². The monoisotopic (exact) mass is 268 g/mol. The molecule has 0 aliphatic carbocycles. The summed E-state index contributed by atoms with van der Waals surface area (Å²) in [4.78, 5) is 24.6. The summed E-state index contributed by atoms with van der Waals surface area (Å²) in [6, 6.07) is 14.2. The average molecular weight is 268 g/mol. The van der Waals surface area contributed by atoms with E-state index < -0.39 is 5.97 Å². The number of amides is 1.